The molecular weight excluding hydrogens is 334 g/mol. The van der Waals surface area contributed by atoms with Gasteiger partial charge in [0.15, 0.2) is 6.29 Å². The van der Waals surface area contributed by atoms with Gasteiger partial charge in [0.2, 0.25) is 0 Å². The predicted octanol–water partition coefficient (Wildman–Crippen LogP) is -1.35. The Balaban J connectivity index is 0.000000388. The third-order valence-electron chi connectivity index (χ3n) is 2.29. The van der Waals surface area contributed by atoms with Crippen LogP contribution in [0.4, 0.5) is 5.69 Å². The number of hydrogen-bond donors (Lipinski definition) is 6. The van der Waals surface area contributed by atoms with Crippen LogP contribution < -0.4 is 5.73 Å². The molecule has 8 heteroatoms. The number of aliphatic hydroxyl groups is 5. The maximum absolute atomic E-state index is 9.90. The van der Waals surface area contributed by atoms with E-state index in [0.717, 1.165) is 10.2 Å². The Morgan fingerprint density at radius 1 is 1.10 bits per heavy atom. The van der Waals surface area contributed by atoms with E-state index in [4.69, 9.17) is 31.3 Å². The van der Waals surface area contributed by atoms with E-state index in [-0.39, 0.29) is 6.29 Å². The van der Waals surface area contributed by atoms with E-state index in [0.29, 0.717) is 0 Å². The molecule has 0 amide bonds. The van der Waals surface area contributed by atoms with E-state index in [9.17, 15) is 4.79 Å². The summed E-state index contributed by atoms with van der Waals surface area (Å²) in [4.78, 5) is 9.90. The Morgan fingerprint density at radius 3 is 1.95 bits per heavy atom. The fourth-order valence-corrected chi connectivity index (χ4v) is 1.35. The Hall–Kier alpha value is -1.03. The van der Waals surface area contributed by atoms with Gasteiger partial charge in [0.1, 0.15) is 24.4 Å². The van der Waals surface area contributed by atoms with Gasteiger partial charge in [-0.1, -0.05) is 15.9 Å². The van der Waals surface area contributed by atoms with E-state index < -0.39 is 31.0 Å². The van der Waals surface area contributed by atoms with Crippen LogP contribution in [-0.4, -0.2) is 62.8 Å². The third-order valence-corrected chi connectivity index (χ3v) is 2.82. The molecule has 0 saturated carbocycles. The maximum Gasteiger partial charge on any atom is 0.151 e. The molecule has 1 rings (SSSR count). The molecule has 0 fully saturated rings. The van der Waals surface area contributed by atoms with Gasteiger partial charge in [0, 0.05) is 10.2 Å². The van der Waals surface area contributed by atoms with Crippen molar-refractivity contribution in [3.05, 3.63) is 28.7 Å². The minimum Gasteiger partial charge on any atom is -0.399 e. The number of anilines is 1. The molecule has 0 radical (unpaired) electrons. The van der Waals surface area contributed by atoms with Crippen molar-refractivity contribution >= 4 is 27.9 Å². The van der Waals surface area contributed by atoms with Crippen molar-refractivity contribution < 1.29 is 30.3 Å². The molecule has 0 aliphatic carbocycles. The minimum atomic E-state index is -1.79. The van der Waals surface area contributed by atoms with Crippen LogP contribution in [0.2, 0.25) is 0 Å². The van der Waals surface area contributed by atoms with Gasteiger partial charge in [0.05, 0.1) is 6.61 Å². The average molecular weight is 352 g/mol. The van der Waals surface area contributed by atoms with Crippen LogP contribution in [0.1, 0.15) is 0 Å². The zero-order valence-corrected chi connectivity index (χ0v) is 12.1. The van der Waals surface area contributed by atoms with Gasteiger partial charge in [-0.2, -0.15) is 0 Å². The lowest BCUT2D eigenvalue weighted by Gasteiger charge is -2.22. The first-order chi connectivity index (χ1) is 9.33. The van der Waals surface area contributed by atoms with Crippen molar-refractivity contribution in [3.63, 3.8) is 0 Å². The van der Waals surface area contributed by atoms with E-state index in [2.05, 4.69) is 15.9 Å². The molecule has 0 aromatic heterocycles. The Kier molecular flexibility index (Phi) is 9.30. The monoisotopic (exact) mass is 351 g/mol. The highest BCUT2D eigenvalue weighted by atomic mass is 79.9. The molecule has 114 valence electrons. The first-order valence-electron chi connectivity index (χ1n) is 5.63. The van der Waals surface area contributed by atoms with Crippen LogP contribution in [0.15, 0.2) is 28.7 Å². The number of hydrogen-bond acceptors (Lipinski definition) is 7. The zero-order valence-electron chi connectivity index (χ0n) is 10.5. The van der Waals surface area contributed by atoms with Crippen LogP contribution >= 0.6 is 15.9 Å². The summed E-state index contributed by atoms with van der Waals surface area (Å²) in [5.74, 6) is 0. The van der Waals surface area contributed by atoms with Crippen molar-refractivity contribution in [1.82, 2.24) is 0 Å². The molecule has 4 unspecified atom stereocenters. The van der Waals surface area contributed by atoms with Crippen molar-refractivity contribution in [2.45, 2.75) is 24.4 Å². The second-order valence-electron chi connectivity index (χ2n) is 3.91. The second-order valence-corrected chi connectivity index (χ2v) is 4.83. The van der Waals surface area contributed by atoms with Crippen molar-refractivity contribution in [1.29, 1.82) is 0 Å². The highest BCUT2D eigenvalue weighted by Gasteiger charge is 2.29. The van der Waals surface area contributed by atoms with Gasteiger partial charge in [-0.25, -0.2) is 0 Å². The smallest absolute Gasteiger partial charge is 0.151 e. The summed E-state index contributed by atoms with van der Waals surface area (Å²) in [6.07, 6.45) is -6.84. The fourth-order valence-electron chi connectivity index (χ4n) is 1.08. The van der Waals surface area contributed by atoms with Crippen molar-refractivity contribution in [2.24, 2.45) is 0 Å². The molecule has 1 aromatic rings. The summed E-state index contributed by atoms with van der Waals surface area (Å²) in [6, 6.07) is 7.53. The standard InChI is InChI=1S/C6H6BrN.C6H12O6/c7-5-1-3-6(8)4-2-5;7-1-3(9)5(11)6(12)4(10)2-8/h1-4H,8H2;1,3-6,8-12H,2H2. The van der Waals surface area contributed by atoms with Crippen LogP contribution in [0.25, 0.3) is 0 Å². The Bertz CT molecular complexity index is 367. The number of nitrogens with two attached hydrogens (primary N) is 1. The molecule has 0 aliphatic rings. The molecule has 7 nitrogen and oxygen atoms in total. The third kappa shape index (κ3) is 6.94. The molecule has 20 heavy (non-hydrogen) atoms. The van der Waals surface area contributed by atoms with E-state index in [1.807, 2.05) is 24.3 Å². The molecule has 0 bridgehead atoms. The number of rotatable bonds is 5. The second kappa shape index (κ2) is 9.81. The normalized spacial score (nSPS) is 16.3. The van der Waals surface area contributed by atoms with Gasteiger partial charge < -0.3 is 36.1 Å². The number of benzene rings is 1. The molecular formula is C12H18BrNO6. The number of nitrogen functional groups attached to an aromatic ring is 1. The predicted molar refractivity (Wildman–Crippen MR) is 75.7 cm³/mol. The van der Waals surface area contributed by atoms with E-state index in [1.54, 1.807) is 0 Å². The zero-order chi connectivity index (χ0) is 15.7. The molecule has 0 heterocycles. The topological polar surface area (TPSA) is 144 Å². The average Bonchev–Trinajstić information content (AvgIpc) is 2.47. The van der Waals surface area contributed by atoms with Gasteiger partial charge in [0.25, 0.3) is 0 Å². The number of carbonyl (C=O) groups is 1. The largest absolute Gasteiger partial charge is 0.399 e. The molecule has 4 atom stereocenters. The van der Waals surface area contributed by atoms with E-state index in [1.165, 1.54) is 0 Å². The highest BCUT2D eigenvalue weighted by Crippen LogP contribution is 2.10. The van der Waals surface area contributed by atoms with E-state index >= 15 is 0 Å². The summed E-state index contributed by atoms with van der Waals surface area (Å²) in [5.41, 5.74) is 6.21. The number of aliphatic hydroxyl groups excluding tert-OH is 5. The van der Waals surface area contributed by atoms with Crippen molar-refractivity contribution in [2.75, 3.05) is 12.3 Å². The molecule has 7 N–H and O–H groups in total. The van der Waals surface area contributed by atoms with Crippen LogP contribution in [0.3, 0.4) is 0 Å². The Labute approximate surface area is 124 Å². The molecule has 0 spiro atoms. The van der Waals surface area contributed by atoms with Crippen LogP contribution in [0.5, 0.6) is 0 Å². The van der Waals surface area contributed by atoms with Crippen LogP contribution in [-0.2, 0) is 4.79 Å². The number of aldehydes is 1. The quantitative estimate of drug-likeness (QED) is 0.284. The SMILES string of the molecule is Nc1ccc(Br)cc1.O=CC(O)C(O)C(O)C(O)CO. The van der Waals surface area contributed by atoms with Gasteiger partial charge >= 0.3 is 0 Å². The summed E-state index contributed by atoms with van der Waals surface area (Å²) in [5, 5.41) is 43.5. The lowest BCUT2D eigenvalue weighted by Crippen LogP contribution is -2.46. The number of halogens is 1. The number of carbonyl (C=O) groups excluding carboxylic acids is 1. The van der Waals surface area contributed by atoms with Gasteiger partial charge in [-0.05, 0) is 24.3 Å². The first-order valence-corrected chi connectivity index (χ1v) is 6.42. The fraction of sp³-hybridized carbons (Fsp3) is 0.417. The van der Waals surface area contributed by atoms with Crippen molar-refractivity contribution in [3.8, 4) is 0 Å². The molecule has 0 aliphatic heterocycles. The maximum atomic E-state index is 9.90. The van der Waals surface area contributed by atoms with Crippen LogP contribution in [0, 0.1) is 0 Å². The lowest BCUT2D eigenvalue weighted by molar-refractivity contribution is -0.136. The minimum absolute atomic E-state index is 0.0258. The Morgan fingerprint density at radius 2 is 1.60 bits per heavy atom. The molecule has 1 aromatic carbocycles. The van der Waals surface area contributed by atoms with Gasteiger partial charge in [-0.3, -0.25) is 0 Å². The van der Waals surface area contributed by atoms with Gasteiger partial charge in [-0.15, -0.1) is 0 Å². The summed E-state index contributed by atoms with van der Waals surface area (Å²) < 4.78 is 1.06. The summed E-state index contributed by atoms with van der Waals surface area (Å²) in [6.45, 7) is -0.760. The first kappa shape index (κ1) is 19.0. The highest BCUT2D eigenvalue weighted by molar-refractivity contribution is 9.10. The molecule has 0 saturated heterocycles. The lowest BCUT2D eigenvalue weighted by atomic mass is 10.0. The summed E-state index contributed by atoms with van der Waals surface area (Å²) >= 11 is 3.29. The summed E-state index contributed by atoms with van der Waals surface area (Å²) in [7, 11) is 0.